The Bertz CT molecular complexity index is 3150. The number of phosphoric ester groups is 1. The number of amides is 7. The number of aliphatic hydroxyl groups excluding tert-OH is 2. The number of aliphatic imine (C=N–C) groups is 3. The van der Waals surface area contributed by atoms with E-state index in [1.807, 2.05) is 66.4 Å². The summed E-state index contributed by atoms with van der Waals surface area (Å²) >= 11 is 0. The number of nitrogens with zero attached hydrogens (tertiary/aromatic N) is 4. The van der Waals surface area contributed by atoms with Crippen molar-refractivity contribution >= 4 is 66.3 Å². The van der Waals surface area contributed by atoms with E-state index in [-0.39, 0.29) is 89.3 Å². The Hall–Kier alpha value is -5.77. The van der Waals surface area contributed by atoms with Crippen molar-refractivity contribution in [3.63, 3.8) is 0 Å². The van der Waals surface area contributed by atoms with Gasteiger partial charge in [-0.2, -0.15) is 0 Å². The largest absolute Gasteiger partial charge is 0.472 e. The van der Waals surface area contributed by atoms with Crippen LogP contribution in [0.1, 0.15) is 160 Å². The Balaban J connectivity index is 1.18. The van der Waals surface area contributed by atoms with E-state index >= 15 is 0 Å². The first kappa shape index (κ1) is 70.1. The number of hydrogen-bond donors (Lipinski definition) is 12. The minimum absolute atomic E-state index is 0.00318. The number of aliphatic hydroxyl groups is 2. The molecule has 7 aliphatic heterocycles. The highest BCUT2D eigenvalue weighted by molar-refractivity contribution is 7.47. The van der Waals surface area contributed by atoms with Gasteiger partial charge in [0.2, 0.25) is 41.4 Å². The van der Waals surface area contributed by atoms with Crippen LogP contribution in [-0.2, 0) is 51.9 Å². The number of allylic oxidation sites excluding steroid dienone is 6. The summed E-state index contributed by atoms with van der Waals surface area (Å²) in [6, 6.07) is -0.841. The van der Waals surface area contributed by atoms with Gasteiger partial charge >= 0.3 is 7.82 Å². The molecule has 0 radical (unpaired) electrons. The second-order valence-corrected chi connectivity index (χ2v) is 29.8. The topological polar surface area (TPSA) is 457 Å². The van der Waals surface area contributed by atoms with Gasteiger partial charge in [0.15, 0.2) is 0 Å². The molecule has 18 N–H and O–H groups in total. The van der Waals surface area contributed by atoms with E-state index in [0.29, 0.717) is 63.9 Å². The molecule has 90 heavy (non-hydrogen) atoms. The van der Waals surface area contributed by atoms with Crippen molar-refractivity contribution in [2.24, 2.45) is 107 Å². The predicted molar refractivity (Wildman–Crippen MR) is 334 cm³/mol. The number of fused-ring (bicyclic) bond motifs is 7. The predicted octanol–water partition coefficient (Wildman–Crippen LogP) is 1.99. The van der Waals surface area contributed by atoms with Gasteiger partial charge in [-0.05, 0) is 95.3 Å². The second-order valence-electron chi connectivity index (χ2n) is 28.5. The molecule has 0 aromatic rings. The molecule has 7 heterocycles. The minimum Gasteiger partial charge on any atom is -0.394 e. The van der Waals surface area contributed by atoms with Crippen molar-refractivity contribution in [3.8, 4) is 0 Å². The van der Waals surface area contributed by atoms with Crippen LogP contribution in [0.2, 0.25) is 0 Å². The fourth-order valence-corrected chi connectivity index (χ4v) is 17.9. The van der Waals surface area contributed by atoms with Gasteiger partial charge in [0, 0.05) is 143 Å². The van der Waals surface area contributed by atoms with Crippen LogP contribution in [0.15, 0.2) is 49.3 Å². The van der Waals surface area contributed by atoms with Crippen LogP contribution in [0.4, 0.5) is 0 Å². The Morgan fingerprint density at radius 2 is 1.42 bits per heavy atom. The van der Waals surface area contributed by atoms with Gasteiger partial charge in [0.1, 0.15) is 24.5 Å². The Labute approximate surface area is 526 Å². The van der Waals surface area contributed by atoms with Gasteiger partial charge in [-0.1, -0.05) is 48.5 Å². The van der Waals surface area contributed by atoms with Gasteiger partial charge in [-0.3, -0.25) is 67.8 Å². The van der Waals surface area contributed by atoms with Gasteiger partial charge < -0.3 is 64.9 Å². The standard InChI is InChI=1S/C62H98N13O14P/c1-29-20-39-40(21-30(29)2)75(28-70-39)57-52(84)53(41(27-76)87-57)89-90(85,86)88-31(3)26-69-49(83)18-19-59(8)37(22-46(66)80)56-62(11)61(10,25-48(68)82)36(14-17-45(65)79)51(74-62)33(5)55-60(9,24-47(67)81)34(12-15-43(63)77)38(71-55)23-42-58(6,7)35(13-16-44(64)78)50(72-42)32(4)54(59)73-56/h23,29-31,34-37,39-41,52-53,56-57,70-71,76,84H,12-22,24-28H2,1-11H3,(H2,63,77)(H2,64,78)(H2,65,79)(H2,66,80)(H2,67,81)(H2,68,82)(H,69,83)(H,85,86)/t29?,30?,31-,34-,35-,36-,37+,39?,40?,41-,52?,53-,56+,57+,59-,60+,61+,62+/m1/s1. The van der Waals surface area contributed by atoms with Crippen LogP contribution in [0.3, 0.4) is 0 Å². The Morgan fingerprint density at radius 3 is 2.01 bits per heavy atom. The number of phosphoric acid groups is 1. The molecule has 4 fully saturated rings. The number of carbonyl (C=O) groups is 7. The first-order chi connectivity index (χ1) is 41.8. The lowest BCUT2D eigenvalue weighted by atomic mass is 9.55. The number of hydrogen-bond acceptors (Lipinski definition) is 19. The number of carbonyl (C=O) groups excluding carboxylic acids is 7. The third-order valence-corrected chi connectivity index (χ3v) is 23.2. The number of nitrogens with two attached hydrogens (primary N) is 6. The van der Waals surface area contributed by atoms with Crippen molar-refractivity contribution in [1.82, 2.24) is 20.9 Å². The summed E-state index contributed by atoms with van der Waals surface area (Å²) in [4.78, 5) is 123. The van der Waals surface area contributed by atoms with Gasteiger partial charge in [0.05, 0.1) is 31.0 Å². The molecule has 1 saturated carbocycles. The molecule has 500 valence electrons. The maximum atomic E-state index is 14.4. The lowest BCUT2D eigenvalue weighted by Gasteiger charge is -2.48. The van der Waals surface area contributed by atoms with Crippen molar-refractivity contribution in [2.45, 2.75) is 214 Å². The van der Waals surface area contributed by atoms with Crippen LogP contribution in [-0.4, -0.2) is 153 Å². The monoisotopic (exact) mass is 1280 g/mol. The fourth-order valence-electron chi connectivity index (χ4n) is 16.8. The summed E-state index contributed by atoms with van der Waals surface area (Å²) in [5.41, 5.74) is 34.3. The average Bonchev–Trinajstić information content (AvgIpc) is 1.53. The molecule has 27 nitrogen and oxygen atoms in total. The van der Waals surface area contributed by atoms with Crippen molar-refractivity contribution < 1.29 is 67.0 Å². The first-order valence-corrected chi connectivity index (χ1v) is 33.1. The van der Waals surface area contributed by atoms with Crippen LogP contribution >= 0.6 is 7.82 Å². The fraction of sp³-hybridized carbons (Fsp3) is 0.742. The van der Waals surface area contributed by atoms with E-state index in [1.54, 1.807) is 0 Å². The summed E-state index contributed by atoms with van der Waals surface area (Å²) in [6.45, 7) is 20.4. The Morgan fingerprint density at radius 1 is 0.822 bits per heavy atom. The molecular formula is C62H98N13O14P. The quantitative estimate of drug-likeness (QED) is 0.0551. The average molecular weight is 1280 g/mol. The molecule has 28 heteroatoms. The van der Waals surface area contributed by atoms with E-state index in [2.05, 4.69) is 29.8 Å². The van der Waals surface area contributed by atoms with Crippen LogP contribution in [0.25, 0.3) is 0 Å². The highest BCUT2D eigenvalue weighted by Gasteiger charge is 2.66. The number of rotatable bonds is 26. The van der Waals surface area contributed by atoms with E-state index in [9.17, 15) is 53.2 Å². The third kappa shape index (κ3) is 13.4. The molecule has 7 amide bonds. The normalized spacial score (nSPS) is 37.2. The van der Waals surface area contributed by atoms with Crippen LogP contribution in [0.5, 0.6) is 0 Å². The molecule has 8 aliphatic rings. The molecule has 0 aromatic heterocycles. The number of nitrogens with one attached hydrogen (secondary N) is 3. The highest BCUT2D eigenvalue weighted by atomic mass is 31.2. The van der Waals surface area contributed by atoms with E-state index in [0.717, 1.165) is 12.8 Å². The zero-order chi connectivity index (χ0) is 66.7. The molecule has 8 rings (SSSR count). The van der Waals surface area contributed by atoms with Gasteiger partial charge in [-0.15, -0.1) is 0 Å². The minimum atomic E-state index is -5.02. The zero-order valence-electron chi connectivity index (χ0n) is 54.0. The van der Waals surface area contributed by atoms with Crippen molar-refractivity contribution in [2.75, 3.05) is 19.8 Å². The van der Waals surface area contributed by atoms with E-state index in [1.165, 1.54) is 6.92 Å². The first-order valence-electron chi connectivity index (χ1n) is 31.6. The molecule has 1 aliphatic carbocycles. The maximum Gasteiger partial charge on any atom is 0.472 e. The molecule has 19 atom stereocenters. The molecule has 6 unspecified atom stereocenters. The smallest absolute Gasteiger partial charge is 0.394 e. The second kappa shape index (κ2) is 26.3. The van der Waals surface area contributed by atoms with Gasteiger partial charge in [0.25, 0.3) is 0 Å². The van der Waals surface area contributed by atoms with Gasteiger partial charge in [-0.25, -0.2) is 4.57 Å². The summed E-state index contributed by atoms with van der Waals surface area (Å²) in [5.74, 6) is -6.19. The lowest BCUT2D eigenvalue weighted by Crippen LogP contribution is -2.56. The number of ether oxygens (including phenoxy) is 1. The molecule has 3 saturated heterocycles. The summed E-state index contributed by atoms with van der Waals surface area (Å²) in [5, 5.41) is 31.9. The molecule has 0 spiro atoms. The highest BCUT2D eigenvalue weighted by Crippen LogP contribution is 2.63. The van der Waals surface area contributed by atoms with Crippen LogP contribution in [0, 0.1) is 57.2 Å². The molecule has 0 aromatic carbocycles. The summed E-state index contributed by atoms with van der Waals surface area (Å²) in [7, 11) is -5.02. The van der Waals surface area contributed by atoms with E-state index in [4.69, 9.17) is 63.2 Å². The van der Waals surface area contributed by atoms with Crippen molar-refractivity contribution in [1.29, 1.82) is 0 Å². The van der Waals surface area contributed by atoms with Crippen molar-refractivity contribution in [3.05, 3.63) is 34.3 Å². The lowest BCUT2D eigenvalue weighted by molar-refractivity contribution is -0.124. The third-order valence-electron chi connectivity index (χ3n) is 22.1. The summed E-state index contributed by atoms with van der Waals surface area (Å²) in [6.07, 6.45) is -3.27. The van der Waals surface area contributed by atoms with Crippen LogP contribution < -0.4 is 50.4 Å². The Kier molecular flexibility index (Phi) is 20.5. The SMILES string of the molecule is CC1=C2N=C(C=C3NC(=C(C)C4=N[C@@](C)([C@H]5N=C1[C@](C)(CCC(=O)NC[C@@H](C)OP(=O)(O)O[C@H]1C(O)[C@@H](N6CNC7CC(C)C(C)CC76)O[C@@H]1CO)[C@H]5CC(N)=O)[C@@](C)(CC(N)=O)[C@@H]4CCC(N)=O)[C@@](C)(CC(N)=O)[C@@H]3CCC(N)=O)C(C)(C)[C@@H]2CCC(N)=O. The molecule has 8 bridgehead atoms. The molecular weight excluding hydrogens is 1180 g/mol. The summed E-state index contributed by atoms with van der Waals surface area (Å²) < 4.78 is 31.0. The zero-order valence-corrected chi connectivity index (χ0v) is 54.9. The number of primary amides is 6. The van der Waals surface area contributed by atoms with E-state index < -0.39 is 143 Å². The maximum absolute atomic E-state index is 14.4.